The smallest absolute Gasteiger partial charge is 0.289 e. The first kappa shape index (κ1) is 15.0. The molecule has 0 bridgehead atoms. The molecule has 1 aliphatic heterocycles. The molecule has 0 aromatic carbocycles. The van der Waals surface area contributed by atoms with Crippen molar-refractivity contribution in [2.45, 2.75) is 33.2 Å². The van der Waals surface area contributed by atoms with Gasteiger partial charge in [-0.25, -0.2) is 4.98 Å². The number of carbonyl (C=O) groups excluding carboxylic acids is 1. The number of rotatable bonds is 2. The summed E-state index contributed by atoms with van der Waals surface area (Å²) < 4.78 is 5.31. The quantitative estimate of drug-likeness (QED) is 0.856. The topological polar surface area (TPSA) is 67.2 Å². The van der Waals surface area contributed by atoms with E-state index >= 15 is 0 Å². The van der Waals surface area contributed by atoms with Crippen LogP contribution in [0.4, 0.5) is 0 Å². The second kappa shape index (κ2) is 6.20. The van der Waals surface area contributed by atoms with Gasteiger partial charge in [0.15, 0.2) is 5.89 Å². The molecule has 1 saturated heterocycles. The van der Waals surface area contributed by atoms with Gasteiger partial charge in [0, 0.05) is 19.5 Å². The number of carbonyl (C=O) groups is 1. The fourth-order valence-corrected chi connectivity index (χ4v) is 2.16. The Hall–Kier alpha value is -1.07. The number of oxazole rings is 1. The van der Waals surface area contributed by atoms with Crippen molar-refractivity contribution in [2.75, 3.05) is 13.1 Å². The van der Waals surface area contributed by atoms with Gasteiger partial charge in [-0.2, -0.15) is 0 Å². The number of nitrogens with zero attached hydrogens (tertiary/aromatic N) is 1. The van der Waals surface area contributed by atoms with Crippen LogP contribution >= 0.6 is 12.4 Å². The lowest BCUT2D eigenvalue weighted by Gasteiger charge is -2.29. The Kier molecular flexibility index (Phi) is 5.16. The molecule has 2 unspecified atom stereocenters. The first-order chi connectivity index (χ1) is 8.08. The highest BCUT2D eigenvalue weighted by atomic mass is 35.5. The monoisotopic (exact) mass is 273 g/mol. The van der Waals surface area contributed by atoms with Gasteiger partial charge in [-0.15, -0.1) is 12.4 Å². The molecule has 1 aliphatic rings. The number of aromatic nitrogens is 1. The molecule has 0 radical (unpaired) electrons. The lowest BCUT2D eigenvalue weighted by molar-refractivity contribution is 0.0885. The number of hydrogen-bond acceptors (Lipinski definition) is 4. The minimum absolute atomic E-state index is 0. The third kappa shape index (κ3) is 3.23. The normalized spacial score (nSPS) is 23.3. The maximum Gasteiger partial charge on any atom is 0.289 e. The Labute approximate surface area is 113 Å². The average Bonchev–Trinajstić information content (AvgIpc) is 2.61. The van der Waals surface area contributed by atoms with Crippen LogP contribution in [-0.4, -0.2) is 30.0 Å². The Bertz CT molecular complexity index is 419. The summed E-state index contributed by atoms with van der Waals surface area (Å²) in [5.74, 6) is 1.19. The number of amides is 1. The van der Waals surface area contributed by atoms with Crippen LogP contribution in [0.5, 0.6) is 0 Å². The SMILES string of the molecule is Cc1nc(C)c(C(=O)NC2CNCCC2C)o1.Cl. The van der Waals surface area contributed by atoms with Crippen LogP contribution in [0.25, 0.3) is 0 Å². The van der Waals surface area contributed by atoms with E-state index in [0.717, 1.165) is 19.5 Å². The molecule has 0 spiro atoms. The van der Waals surface area contributed by atoms with E-state index in [-0.39, 0.29) is 24.4 Å². The van der Waals surface area contributed by atoms with E-state index < -0.39 is 0 Å². The van der Waals surface area contributed by atoms with Crippen LogP contribution in [0.2, 0.25) is 0 Å². The molecule has 18 heavy (non-hydrogen) atoms. The van der Waals surface area contributed by atoms with E-state index in [1.165, 1.54) is 0 Å². The maximum absolute atomic E-state index is 12.0. The lowest BCUT2D eigenvalue weighted by Crippen LogP contribution is -2.50. The zero-order valence-corrected chi connectivity index (χ0v) is 11.8. The highest BCUT2D eigenvalue weighted by Crippen LogP contribution is 2.14. The second-order valence-electron chi connectivity index (χ2n) is 4.70. The van der Waals surface area contributed by atoms with Gasteiger partial charge in [0.05, 0.1) is 5.69 Å². The number of aryl methyl sites for hydroxylation is 2. The van der Waals surface area contributed by atoms with Crippen molar-refractivity contribution in [1.82, 2.24) is 15.6 Å². The minimum Gasteiger partial charge on any atom is -0.436 e. The molecule has 102 valence electrons. The van der Waals surface area contributed by atoms with Crippen LogP contribution < -0.4 is 10.6 Å². The van der Waals surface area contributed by atoms with Gasteiger partial charge in [0.2, 0.25) is 5.76 Å². The van der Waals surface area contributed by atoms with Gasteiger partial charge < -0.3 is 15.1 Å². The van der Waals surface area contributed by atoms with E-state index in [1.54, 1.807) is 13.8 Å². The predicted molar refractivity (Wildman–Crippen MR) is 71.1 cm³/mol. The number of piperidine rings is 1. The highest BCUT2D eigenvalue weighted by Gasteiger charge is 2.25. The maximum atomic E-state index is 12.0. The molecular formula is C12H20ClN3O2. The van der Waals surface area contributed by atoms with Gasteiger partial charge >= 0.3 is 0 Å². The molecule has 2 heterocycles. The molecule has 2 N–H and O–H groups in total. The summed E-state index contributed by atoms with van der Waals surface area (Å²) in [6.07, 6.45) is 1.08. The predicted octanol–water partition coefficient (Wildman–Crippen LogP) is 1.44. The Balaban J connectivity index is 0.00000162. The standard InChI is InChI=1S/C12H19N3O2.ClH/c1-7-4-5-13-6-10(7)15-12(16)11-8(2)14-9(3)17-11;/h7,10,13H,4-6H2,1-3H3,(H,15,16);1H. The Morgan fingerprint density at radius 1 is 1.50 bits per heavy atom. The average molecular weight is 274 g/mol. The van der Waals surface area contributed by atoms with Crippen LogP contribution in [0.1, 0.15) is 35.5 Å². The molecule has 0 aliphatic carbocycles. The molecule has 5 nitrogen and oxygen atoms in total. The van der Waals surface area contributed by atoms with E-state index in [2.05, 4.69) is 22.5 Å². The molecule has 6 heteroatoms. The largest absolute Gasteiger partial charge is 0.436 e. The Morgan fingerprint density at radius 2 is 2.22 bits per heavy atom. The third-order valence-electron chi connectivity index (χ3n) is 3.25. The zero-order chi connectivity index (χ0) is 12.4. The lowest BCUT2D eigenvalue weighted by atomic mass is 9.95. The molecule has 1 aromatic rings. The molecule has 1 amide bonds. The summed E-state index contributed by atoms with van der Waals surface area (Å²) in [6, 6.07) is 0.168. The molecule has 2 atom stereocenters. The molecular weight excluding hydrogens is 254 g/mol. The van der Waals surface area contributed by atoms with Crippen LogP contribution in [-0.2, 0) is 0 Å². The Morgan fingerprint density at radius 3 is 2.78 bits per heavy atom. The van der Waals surface area contributed by atoms with Crippen molar-refractivity contribution in [3.05, 3.63) is 17.3 Å². The zero-order valence-electron chi connectivity index (χ0n) is 10.9. The first-order valence-electron chi connectivity index (χ1n) is 6.03. The summed E-state index contributed by atoms with van der Waals surface area (Å²) in [5, 5.41) is 6.28. The fraction of sp³-hybridized carbons (Fsp3) is 0.667. The van der Waals surface area contributed by atoms with Crippen LogP contribution in [0.15, 0.2) is 4.42 Å². The van der Waals surface area contributed by atoms with E-state index in [4.69, 9.17) is 4.42 Å². The van der Waals surface area contributed by atoms with E-state index in [9.17, 15) is 4.79 Å². The molecule has 1 aromatic heterocycles. The summed E-state index contributed by atoms with van der Waals surface area (Å²) >= 11 is 0. The minimum atomic E-state index is -0.163. The van der Waals surface area contributed by atoms with Gasteiger partial charge in [-0.1, -0.05) is 6.92 Å². The van der Waals surface area contributed by atoms with Gasteiger partial charge in [0.25, 0.3) is 5.91 Å². The van der Waals surface area contributed by atoms with Crippen molar-refractivity contribution in [2.24, 2.45) is 5.92 Å². The highest BCUT2D eigenvalue weighted by molar-refractivity contribution is 5.92. The number of hydrogen-bond donors (Lipinski definition) is 2. The van der Waals surface area contributed by atoms with Gasteiger partial charge in [-0.05, 0) is 25.8 Å². The molecule has 0 saturated carbocycles. The van der Waals surface area contributed by atoms with Crippen molar-refractivity contribution in [1.29, 1.82) is 0 Å². The van der Waals surface area contributed by atoms with Crippen molar-refractivity contribution < 1.29 is 9.21 Å². The molecule has 1 fully saturated rings. The first-order valence-corrected chi connectivity index (χ1v) is 6.03. The summed E-state index contributed by atoms with van der Waals surface area (Å²) in [6.45, 7) is 7.53. The van der Waals surface area contributed by atoms with Gasteiger partial charge in [-0.3, -0.25) is 4.79 Å². The van der Waals surface area contributed by atoms with Crippen molar-refractivity contribution in [3.63, 3.8) is 0 Å². The van der Waals surface area contributed by atoms with E-state index in [0.29, 0.717) is 23.3 Å². The molecule has 2 rings (SSSR count). The summed E-state index contributed by atoms with van der Waals surface area (Å²) in [7, 11) is 0. The van der Waals surface area contributed by atoms with Crippen molar-refractivity contribution in [3.8, 4) is 0 Å². The number of halogens is 1. The number of nitrogens with one attached hydrogen (secondary N) is 2. The van der Waals surface area contributed by atoms with E-state index in [1.807, 2.05) is 0 Å². The van der Waals surface area contributed by atoms with Crippen LogP contribution in [0.3, 0.4) is 0 Å². The van der Waals surface area contributed by atoms with Crippen molar-refractivity contribution >= 4 is 18.3 Å². The third-order valence-corrected chi connectivity index (χ3v) is 3.25. The summed E-state index contributed by atoms with van der Waals surface area (Å²) in [4.78, 5) is 16.1. The fourth-order valence-electron chi connectivity index (χ4n) is 2.16. The van der Waals surface area contributed by atoms with Gasteiger partial charge in [0.1, 0.15) is 0 Å². The second-order valence-corrected chi connectivity index (χ2v) is 4.70. The van der Waals surface area contributed by atoms with Crippen LogP contribution in [0, 0.1) is 19.8 Å². The summed E-state index contributed by atoms with van der Waals surface area (Å²) in [5.41, 5.74) is 0.649.